The van der Waals surface area contributed by atoms with Crippen LogP contribution in [0, 0.1) is 5.92 Å². The first-order chi connectivity index (χ1) is 25.4. The maximum Gasteiger partial charge on any atom is 0.335 e. The first-order valence-electron chi connectivity index (χ1n) is 16.9. The molecule has 1 aromatic carbocycles. The van der Waals surface area contributed by atoms with Crippen molar-refractivity contribution in [2.24, 2.45) is 17.4 Å². The van der Waals surface area contributed by atoms with Crippen molar-refractivity contribution in [2.45, 2.75) is 82.8 Å². The molecule has 0 bridgehead atoms. The first-order valence-corrected chi connectivity index (χ1v) is 16.9. The molecule has 0 radical (unpaired) electrons. The van der Waals surface area contributed by atoms with Gasteiger partial charge in [0.15, 0.2) is 6.10 Å². The number of benzene rings is 1. The Morgan fingerprint density at radius 3 is 2.26 bits per heavy atom. The number of nitrogens with zero attached hydrogens (tertiary/aromatic N) is 1. The highest BCUT2D eigenvalue weighted by Gasteiger charge is 2.48. The molecule has 1 aliphatic rings. The van der Waals surface area contributed by atoms with E-state index in [1.807, 2.05) is 0 Å². The number of carboxylic acid groups (broad SMARTS) is 1. The van der Waals surface area contributed by atoms with Crippen LogP contribution in [0.1, 0.15) is 51.0 Å². The minimum absolute atomic E-state index is 0.0449. The SMILES string of the molecule is CC(=O)OCc1ccc(O[C@H]2O[C@@H](C(=O)O)[C@H](O)[C@@H](O)[C@@H]2O)c(NC(=O)CCNC(=O)CC[C@@H](CC(=O)CCC(=O)N(C)CC(N)=O)C(=O)NCCN)c1. The number of hydrogen-bond acceptors (Lipinski definition) is 15. The maximum atomic E-state index is 12.9. The van der Waals surface area contributed by atoms with Crippen molar-refractivity contribution in [1.82, 2.24) is 15.5 Å². The number of esters is 1. The van der Waals surface area contributed by atoms with Crippen molar-refractivity contribution >= 4 is 52.9 Å². The number of aliphatic hydroxyl groups excluding tert-OH is 3. The van der Waals surface area contributed by atoms with Gasteiger partial charge in [0.1, 0.15) is 36.5 Å². The van der Waals surface area contributed by atoms with E-state index in [0.29, 0.717) is 5.56 Å². The average Bonchev–Trinajstić information content (AvgIpc) is 3.10. The fourth-order valence-corrected chi connectivity index (χ4v) is 5.05. The number of ether oxygens (including phenoxy) is 3. The largest absolute Gasteiger partial charge is 0.479 e. The number of likely N-dealkylation sites (N-methyl/N-ethyl adjacent to an activating group) is 1. The van der Waals surface area contributed by atoms with Crippen molar-refractivity contribution in [3.63, 3.8) is 0 Å². The molecule has 0 spiro atoms. The summed E-state index contributed by atoms with van der Waals surface area (Å²) in [5.74, 6) is -6.64. The average molecular weight is 769 g/mol. The number of carbonyl (C=O) groups is 8. The van der Waals surface area contributed by atoms with Gasteiger partial charge in [-0.2, -0.15) is 0 Å². The van der Waals surface area contributed by atoms with Gasteiger partial charge in [-0.25, -0.2) is 4.79 Å². The number of aliphatic carboxylic acids is 1. The molecule has 0 aromatic heterocycles. The summed E-state index contributed by atoms with van der Waals surface area (Å²) in [7, 11) is 1.36. The normalized spacial score (nSPS) is 19.8. The van der Waals surface area contributed by atoms with E-state index >= 15 is 0 Å². The van der Waals surface area contributed by atoms with Gasteiger partial charge >= 0.3 is 11.9 Å². The van der Waals surface area contributed by atoms with Gasteiger partial charge in [-0.1, -0.05) is 6.07 Å². The van der Waals surface area contributed by atoms with Gasteiger partial charge < -0.3 is 67.0 Å². The van der Waals surface area contributed by atoms with Crippen molar-refractivity contribution in [3.8, 4) is 5.75 Å². The van der Waals surface area contributed by atoms with Crippen LogP contribution >= 0.6 is 0 Å². The molecule has 0 saturated carbocycles. The van der Waals surface area contributed by atoms with Crippen LogP contribution in [0.25, 0.3) is 0 Å². The molecule has 300 valence electrons. The number of carboxylic acids is 1. The van der Waals surface area contributed by atoms with E-state index in [1.54, 1.807) is 0 Å². The number of aliphatic hydroxyl groups is 3. The predicted molar refractivity (Wildman–Crippen MR) is 184 cm³/mol. The van der Waals surface area contributed by atoms with Gasteiger partial charge in [-0.15, -0.1) is 0 Å². The van der Waals surface area contributed by atoms with Crippen LogP contribution in [-0.2, 0) is 54.4 Å². The van der Waals surface area contributed by atoms with Crippen LogP contribution < -0.4 is 32.2 Å². The quantitative estimate of drug-likeness (QED) is 0.0520. The van der Waals surface area contributed by atoms with Crippen LogP contribution in [0.15, 0.2) is 18.2 Å². The molecule has 0 aliphatic carbocycles. The van der Waals surface area contributed by atoms with Crippen molar-refractivity contribution in [3.05, 3.63) is 23.8 Å². The fraction of sp³-hybridized carbons (Fsp3) is 0.576. The van der Waals surface area contributed by atoms with E-state index in [-0.39, 0.29) is 82.7 Å². The molecule has 54 heavy (non-hydrogen) atoms. The van der Waals surface area contributed by atoms with Gasteiger partial charge in [-0.05, 0) is 24.1 Å². The van der Waals surface area contributed by atoms with Crippen molar-refractivity contribution < 1.29 is 73.0 Å². The molecule has 21 heteroatoms. The number of rotatable bonds is 22. The minimum atomic E-state index is -1.97. The molecule has 0 unspecified atom stereocenters. The molecule has 1 heterocycles. The van der Waals surface area contributed by atoms with E-state index in [2.05, 4.69) is 16.0 Å². The predicted octanol–water partition coefficient (Wildman–Crippen LogP) is -3.38. The molecule has 11 N–H and O–H groups in total. The number of ketones is 1. The van der Waals surface area contributed by atoms with Gasteiger partial charge in [0.25, 0.3) is 0 Å². The van der Waals surface area contributed by atoms with E-state index in [1.165, 1.54) is 32.2 Å². The van der Waals surface area contributed by atoms with E-state index in [0.717, 1.165) is 4.90 Å². The number of carbonyl (C=O) groups excluding carboxylic acids is 7. The summed E-state index contributed by atoms with van der Waals surface area (Å²) in [5.41, 5.74) is 10.9. The molecular formula is C33H48N6O15. The lowest BCUT2D eigenvalue weighted by Gasteiger charge is -2.38. The number of anilines is 1. The smallest absolute Gasteiger partial charge is 0.335 e. The highest BCUT2D eigenvalue weighted by atomic mass is 16.7. The topological polar surface area (TPSA) is 337 Å². The Bertz CT molecular complexity index is 1520. The fourth-order valence-electron chi connectivity index (χ4n) is 5.05. The Kier molecular flexibility index (Phi) is 18.4. The molecular weight excluding hydrogens is 720 g/mol. The van der Waals surface area contributed by atoms with Crippen molar-refractivity contribution in [1.29, 1.82) is 0 Å². The lowest BCUT2D eigenvalue weighted by atomic mass is 9.94. The Morgan fingerprint density at radius 1 is 0.926 bits per heavy atom. The zero-order chi connectivity index (χ0) is 40.5. The maximum absolute atomic E-state index is 12.9. The van der Waals surface area contributed by atoms with Gasteiger partial charge in [0.05, 0.1) is 12.2 Å². The second kappa shape index (κ2) is 22.1. The number of nitrogens with one attached hydrogen (secondary N) is 3. The van der Waals surface area contributed by atoms with Crippen LogP contribution in [-0.4, -0.2) is 137 Å². The summed E-state index contributed by atoms with van der Waals surface area (Å²) in [5, 5.41) is 47.5. The van der Waals surface area contributed by atoms with Gasteiger partial charge in [0, 0.05) is 71.6 Å². The van der Waals surface area contributed by atoms with E-state index < -0.39 is 83.9 Å². The molecule has 5 amide bonds. The number of amides is 5. The van der Waals surface area contributed by atoms with Crippen LogP contribution in [0.2, 0.25) is 0 Å². The van der Waals surface area contributed by atoms with Crippen molar-refractivity contribution in [2.75, 3.05) is 38.5 Å². The number of primary amides is 1. The summed E-state index contributed by atoms with van der Waals surface area (Å²) >= 11 is 0. The Hall–Kier alpha value is -5.22. The standard InChI is InChI=1S/C33H48N6O15/c1-17(40)52-16-18-3-6-22(53-33-29(48)27(46)28(47)30(54-33)32(50)51)21(13-18)38-25(44)9-11-36-24(43)7-4-19(31(49)37-12-10-34)14-20(41)5-8-26(45)39(2)15-23(35)42/h3,6,13,19,27-30,33,46-48H,4-5,7-12,14-16,34H2,1-2H3,(H2,35,42)(H,36,43)(H,37,49)(H,38,44)(H,50,51)/t19-,27+,28+,29-,30+,33-/m0/s1. The lowest BCUT2D eigenvalue weighted by Crippen LogP contribution is -2.61. The monoisotopic (exact) mass is 768 g/mol. The molecule has 2 rings (SSSR count). The van der Waals surface area contributed by atoms with Crippen LogP contribution in [0.3, 0.4) is 0 Å². The Labute approximate surface area is 309 Å². The minimum Gasteiger partial charge on any atom is -0.479 e. The lowest BCUT2D eigenvalue weighted by molar-refractivity contribution is -0.271. The van der Waals surface area contributed by atoms with E-state index in [4.69, 9.17) is 25.7 Å². The molecule has 1 fully saturated rings. The van der Waals surface area contributed by atoms with Crippen LogP contribution in [0.4, 0.5) is 5.69 Å². The molecule has 1 aromatic rings. The summed E-state index contributed by atoms with van der Waals surface area (Å²) in [6.07, 6.45) is -10.8. The zero-order valence-electron chi connectivity index (χ0n) is 29.9. The highest BCUT2D eigenvalue weighted by molar-refractivity contribution is 5.93. The third kappa shape index (κ3) is 15.0. The number of hydrogen-bond donors (Lipinski definition) is 9. The summed E-state index contributed by atoms with van der Waals surface area (Å²) < 4.78 is 15.7. The molecule has 6 atom stereocenters. The van der Waals surface area contributed by atoms with Gasteiger partial charge in [-0.3, -0.25) is 33.6 Å². The molecule has 21 nitrogen and oxygen atoms in total. The van der Waals surface area contributed by atoms with Crippen LogP contribution in [0.5, 0.6) is 5.75 Å². The third-order valence-corrected chi connectivity index (χ3v) is 7.94. The molecule has 1 aliphatic heterocycles. The Balaban J connectivity index is 2.02. The van der Waals surface area contributed by atoms with E-state index in [9.17, 15) is 58.8 Å². The second-order valence-corrected chi connectivity index (χ2v) is 12.4. The number of nitrogens with two attached hydrogens (primary N) is 2. The summed E-state index contributed by atoms with van der Waals surface area (Å²) in [4.78, 5) is 98.0. The third-order valence-electron chi connectivity index (χ3n) is 7.94. The second-order valence-electron chi connectivity index (χ2n) is 12.4. The molecule has 1 saturated heterocycles. The summed E-state index contributed by atoms with van der Waals surface area (Å²) in [6.45, 7) is 0.756. The van der Waals surface area contributed by atoms with Gasteiger partial charge in [0.2, 0.25) is 35.8 Å². The summed E-state index contributed by atoms with van der Waals surface area (Å²) in [6, 6.07) is 4.09. The Morgan fingerprint density at radius 2 is 1.63 bits per heavy atom. The zero-order valence-corrected chi connectivity index (χ0v) is 29.9. The first kappa shape index (κ1) is 44.9. The number of Topliss-reactive ketones (excluding diaryl/α,β-unsaturated/α-hetero) is 1. The highest BCUT2D eigenvalue weighted by Crippen LogP contribution is 2.31.